The van der Waals surface area contributed by atoms with Crippen LogP contribution in [0.1, 0.15) is 12.3 Å². The van der Waals surface area contributed by atoms with E-state index in [4.69, 9.17) is 20.9 Å². The van der Waals surface area contributed by atoms with E-state index in [0.29, 0.717) is 22.4 Å². The maximum atomic E-state index is 12.0. The van der Waals surface area contributed by atoms with Crippen molar-refractivity contribution < 1.29 is 18.8 Å². The van der Waals surface area contributed by atoms with Crippen molar-refractivity contribution in [2.24, 2.45) is 0 Å². The lowest BCUT2D eigenvalue weighted by atomic mass is 10.2. The summed E-state index contributed by atoms with van der Waals surface area (Å²) in [6.45, 7) is -0.137. The van der Waals surface area contributed by atoms with Gasteiger partial charge in [-0.3, -0.25) is 9.59 Å². The van der Waals surface area contributed by atoms with Crippen molar-refractivity contribution in [3.05, 3.63) is 59.4 Å². The molecule has 1 heterocycles. The molecular weight excluding hydrogens is 396 g/mol. The van der Waals surface area contributed by atoms with E-state index < -0.39 is 0 Å². The van der Waals surface area contributed by atoms with E-state index in [1.807, 2.05) is 12.1 Å². The van der Waals surface area contributed by atoms with Crippen molar-refractivity contribution in [2.75, 3.05) is 19.0 Å². The summed E-state index contributed by atoms with van der Waals surface area (Å²) in [4.78, 5) is 28.1. The molecule has 150 valence electrons. The molecule has 3 aromatic rings. The molecule has 8 nitrogen and oxygen atoms in total. The average Bonchev–Trinajstić information content (AvgIpc) is 3.21. The van der Waals surface area contributed by atoms with Crippen molar-refractivity contribution in [3.63, 3.8) is 0 Å². The number of amides is 2. The van der Waals surface area contributed by atoms with Crippen molar-refractivity contribution in [2.45, 2.75) is 12.8 Å². The van der Waals surface area contributed by atoms with Gasteiger partial charge in [-0.25, -0.2) is 0 Å². The van der Waals surface area contributed by atoms with E-state index in [-0.39, 0.29) is 31.2 Å². The van der Waals surface area contributed by atoms with Crippen LogP contribution in [-0.4, -0.2) is 35.6 Å². The van der Waals surface area contributed by atoms with Gasteiger partial charge in [-0.15, -0.1) is 0 Å². The second-order valence-electron chi connectivity index (χ2n) is 6.07. The number of ether oxygens (including phenoxy) is 1. The summed E-state index contributed by atoms with van der Waals surface area (Å²) in [6, 6.07) is 13.9. The number of rotatable bonds is 8. The number of carbonyl (C=O) groups is 2. The quantitative estimate of drug-likeness (QED) is 0.586. The number of aryl methyl sites for hydroxylation is 1. The number of carbonyl (C=O) groups excluding carboxylic acids is 2. The van der Waals surface area contributed by atoms with Gasteiger partial charge in [-0.05, 0) is 48.5 Å². The lowest BCUT2D eigenvalue weighted by Gasteiger charge is -2.06. The minimum Gasteiger partial charge on any atom is -0.497 e. The maximum Gasteiger partial charge on any atom is 0.243 e. The molecule has 2 aromatic carbocycles. The Morgan fingerprint density at radius 1 is 1.07 bits per heavy atom. The number of aromatic nitrogens is 2. The lowest BCUT2D eigenvalue weighted by Crippen LogP contribution is -2.32. The summed E-state index contributed by atoms with van der Waals surface area (Å²) in [5.41, 5.74) is 1.38. The number of nitrogens with zero attached hydrogens (tertiary/aromatic N) is 2. The third-order valence-electron chi connectivity index (χ3n) is 3.96. The molecule has 0 atom stereocenters. The second-order valence-corrected chi connectivity index (χ2v) is 6.51. The van der Waals surface area contributed by atoms with Gasteiger partial charge in [-0.1, -0.05) is 16.8 Å². The van der Waals surface area contributed by atoms with Crippen LogP contribution in [0.5, 0.6) is 5.75 Å². The van der Waals surface area contributed by atoms with Gasteiger partial charge in [0.05, 0.1) is 13.7 Å². The van der Waals surface area contributed by atoms with Crippen LogP contribution in [0.25, 0.3) is 11.4 Å². The largest absolute Gasteiger partial charge is 0.497 e. The Bertz CT molecular complexity index is 971. The Morgan fingerprint density at radius 2 is 1.79 bits per heavy atom. The van der Waals surface area contributed by atoms with Crippen LogP contribution in [0.3, 0.4) is 0 Å². The predicted molar refractivity (Wildman–Crippen MR) is 108 cm³/mol. The van der Waals surface area contributed by atoms with Gasteiger partial charge in [0.25, 0.3) is 0 Å². The fraction of sp³-hybridized carbons (Fsp3) is 0.200. The van der Waals surface area contributed by atoms with Crippen molar-refractivity contribution >= 4 is 29.1 Å². The van der Waals surface area contributed by atoms with Crippen LogP contribution in [0, 0.1) is 0 Å². The van der Waals surface area contributed by atoms with Crippen LogP contribution in [0.2, 0.25) is 5.02 Å². The highest BCUT2D eigenvalue weighted by Crippen LogP contribution is 2.20. The molecule has 0 fully saturated rings. The van der Waals surface area contributed by atoms with E-state index >= 15 is 0 Å². The number of hydrogen-bond acceptors (Lipinski definition) is 6. The number of benzene rings is 2. The molecule has 0 aliphatic carbocycles. The summed E-state index contributed by atoms with van der Waals surface area (Å²) in [6.07, 6.45) is 0.395. The predicted octanol–water partition coefficient (Wildman–Crippen LogP) is 3.09. The third kappa shape index (κ3) is 6.05. The number of methoxy groups -OCH3 is 1. The first kappa shape index (κ1) is 20.3. The minimum atomic E-state index is -0.333. The molecular formula is C20H19ClN4O4. The van der Waals surface area contributed by atoms with E-state index in [9.17, 15) is 9.59 Å². The van der Waals surface area contributed by atoms with Crippen molar-refractivity contribution in [3.8, 4) is 17.1 Å². The normalized spacial score (nSPS) is 10.4. The van der Waals surface area contributed by atoms with Crippen LogP contribution in [0.15, 0.2) is 53.1 Å². The summed E-state index contributed by atoms with van der Waals surface area (Å²) in [5.74, 6) is 0.886. The maximum absolute atomic E-state index is 12.0. The Kier molecular flexibility index (Phi) is 6.80. The number of hydrogen-bond donors (Lipinski definition) is 2. The van der Waals surface area contributed by atoms with Crippen molar-refractivity contribution in [1.82, 2.24) is 15.5 Å². The van der Waals surface area contributed by atoms with Gasteiger partial charge in [-0.2, -0.15) is 4.98 Å². The smallest absolute Gasteiger partial charge is 0.243 e. The Labute approximate surface area is 172 Å². The highest BCUT2D eigenvalue weighted by Gasteiger charge is 2.12. The fourth-order valence-electron chi connectivity index (χ4n) is 2.44. The molecule has 0 bridgehead atoms. The number of anilines is 1. The van der Waals surface area contributed by atoms with Gasteiger partial charge < -0.3 is 19.9 Å². The molecule has 3 rings (SSSR count). The molecule has 1 aromatic heterocycles. The first-order valence-corrected chi connectivity index (χ1v) is 9.20. The molecule has 0 saturated heterocycles. The van der Waals surface area contributed by atoms with Crippen LogP contribution in [0.4, 0.5) is 5.69 Å². The monoisotopic (exact) mass is 414 g/mol. The molecule has 0 unspecified atom stereocenters. The molecule has 0 aliphatic rings. The minimum absolute atomic E-state index is 0.123. The van der Waals surface area contributed by atoms with Gasteiger partial charge in [0.1, 0.15) is 5.75 Å². The second kappa shape index (κ2) is 9.70. The fourth-order valence-corrected chi connectivity index (χ4v) is 2.57. The first-order valence-electron chi connectivity index (χ1n) is 8.82. The molecule has 29 heavy (non-hydrogen) atoms. The SMILES string of the molecule is COc1ccc(-c2noc(CCC(=O)NCC(=O)Nc3ccc(Cl)cc3)n2)cc1. The average molecular weight is 415 g/mol. The van der Waals surface area contributed by atoms with Gasteiger partial charge in [0, 0.05) is 29.1 Å². The Morgan fingerprint density at radius 3 is 2.48 bits per heavy atom. The van der Waals surface area contributed by atoms with Gasteiger partial charge in [0.15, 0.2) is 0 Å². The molecule has 2 amide bonds. The van der Waals surface area contributed by atoms with Gasteiger partial charge in [0.2, 0.25) is 23.5 Å². The number of halogens is 1. The molecule has 9 heteroatoms. The lowest BCUT2D eigenvalue weighted by molar-refractivity contribution is -0.124. The molecule has 0 aliphatic heterocycles. The summed E-state index contributed by atoms with van der Waals surface area (Å²) in [5, 5.41) is 9.71. The summed E-state index contributed by atoms with van der Waals surface area (Å²) < 4.78 is 10.3. The molecule has 2 N–H and O–H groups in total. The highest BCUT2D eigenvalue weighted by atomic mass is 35.5. The number of nitrogens with one attached hydrogen (secondary N) is 2. The summed E-state index contributed by atoms with van der Waals surface area (Å²) in [7, 11) is 1.59. The zero-order chi connectivity index (χ0) is 20.6. The Balaban J connectivity index is 1.42. The van der Waals surface area contributed by atoms with Crippen LogP contribution in [-0.2, 0) is 16.0 Å². The molecule has 0 spiro atoms. The van der Waals surface area contributed by atoms with E-state index in [0.717, 1.165) is 11.3 Å². The standard InChI is InChI=1S/C20H19ClN4O4/c1-28-16-8-2-13(3-9-16)20-24-19(29-25-20)11-10-17(26)22-12-18(27)23-15-6-4-14(21)5-7-15/h2-9H,10-12H2,1H3,(H,22,26)(H,23,27). The topological polar surface area (TPSA) is 106 Å². The zero-order valence-corrected chi connectivity index (χ0v) is 16.4. The van der Waals surface area contributed by atoms with Gasteiger partial charge >= 0.3 is 0 Å². The summed E-state index contributed by atoms with van der Waals surface area (Å²) >= 11 is 5.79. The first-order chi connectivity index (χ1) is 14.0. The van der Waals surface area contributed by atoms with Crippen LogP contribution < -0.4 is 15.4 Å². The zero-order valence-electron chi connectivity index (χ0n) is 15.6. The Hall–Kier alpha value is -3.39. The van der Waals surface area contributed by atoms with Crippen LogP contribution >= 0.6 is 11.6 Å². The van der Waals surface area contributed by atoms with E-state index in [2.05, 4.69) is 20.8 Å². The van der Waals surface area contributed by atoms with Crippen molar-refractivity contribution in [1.29, 1.82) is 0 Å². The van der Waals surface area contributed by atoms with E-state index in [1.54, 1.807) is 43.5 Å². The molecule has 0 saturated carbocycles. The molecule has 0 radical (unpaired) electrons. The third-order valence-corrected chi connectivity index (χ3v) is 4.21. The highest BCUT2D eigenvalue weighted by molar-refractivity contribution is 6.30. The van der Waals surface area contributed by atoms with E-state index in [1.165, 1.54) is 0 Å².